The maximum Gasteiger partial charge on any atom is 0.185 e. The number of unbranched alkanes of at least 4 members (excludes halogenated alkanes) is 2. The second-order valence-corrected chi connectivity index (χ2v) is 3.31. The molecular formula is C11H17NO2. The quantitative estimate of drug-likeness (QED) is 0.536. The Hall–Kier alpha value is -1.09. The number of hydrogen-bond donors (Lipinski definition) is 1. The molecule has 1 aromatic rings. The van der Waals surface area contributed by atoms with Crippen LogP contribution in [0.5, 0.6) is 0 Å². The van der Waals surface area contributed by atoms with Crippen LogP contribution in [0.3, 0.4) is 0 Å². The van der Waals surface area contributed by atoms with Crippen LogP contribution < -0.4 is 5.32 Å². The second kappa shape index (κ2) is 6.38. The molecule has 14 heavy (non-hydrogen) atoms. The molecule has 1 rings (SSSR count). The van der Waals surface area contributed by atoms with E-state index in [0.29, 0.717) is 12.3 Å². The second-order valence-electron chi connectivity index (χ2n) is 3.31. The van der Waals surface area contributed by atoms with Gasteiger partial charge in [-0.3, -0.25) is 4.79 Å². The fourth-order valence-electron chi connectivity index (χ4n) is 1.26. The van der Waals surface area contributed by atoms with Gasteiger partial charge in [-0.15, -0.1) is 0 Å². The maximum absolute atomic E-state index is 10.3. The molecule has 0 aliphatic heterocycles. The van der Waals surface area contributed by atoms with Gasteiger partial charge < -0.3 is 9.73 Å². The first kappa shape index (κ1) is 11.0. The third-order valence-corrected chi connectivity index (χ3v) is 2.05. The summed E-state index contributed by atoms with van der Waals surface area (Å²) in [5.41, 5.74) is 0. The highest BCUT2D eigenvalue weighted by Crippen LogP contribution is 2.04. The van der Waals surface area contributed by atoms with E-state index in [0.717, 1.165) is 18.6 Å². The third kappa shape index (κ3) is 3.75. The van der Waals surface area contributed by atoms with Crippen LogP contribution in [0.2, 0.25) is 0 Å². The Balaban J connectivity index is 2.14. The van der Waals surface area contributed by atoms with Crippen molar-refractivity contribution in [3.05, 3.63) is 23.7 Å². The SMILES string of the molecule is CCCCCNCc1ccc(C=O)o1. The molecule has 0 saturated carbocycles. The van der Waals surface area contributed by atoms with Crippen LogP contribution in [0.1, 0.15) is 42.5 Å². The van der Waals surface area contributed by atoms with Gasteiger partial charge in [0.25, 0.3) is 0 Å². The Kier molecular flexibility index (Phi) is 5.00. The predicted molar refractivity (Wildman–Crippen MR) is 55.3 cm³/mol. The summed E-state index contributed by atoms with van der Waals surface area (Å²) >= 11 is 0. The minimum Gasteiger partial charge on any atom is -0.457 e. The minimum absolute atomic E-state index is 0.398. The highest BCUT2D eigenvalue weighted by atomic mass is 16.3. The average molecular weight is 195 g/mol. The summed E-state index contributed by atoms with van der Waals surface area (Å²) in [6.45, 7) is 3.89. The van der Waals surface area contributed by atoms with Crippen LogP contribution in [0, 0.1) is 0 Å². The van der Waals surface area contributed by atoms with Crippen molar-refractivity contribution in [3.8, 4) is 0 Å². The van der Waals surface area contributed by atoms with Crippen LogP contribution in [-0.4, -0.2) is 12.8 Å². The Morgan fingerprint density at radius 3 is 2.93 bits per heavy atom. The summed E-state index contributed by atoms with van der Waals surface area (Å²) in [4.78, 5) is 10.3. The Labute approximate surface area is 84.5 Å². The highest BCUT2D eigenvalue weighted by Gasteiger charge is 1.99. The summed E-state index contributed by atoms with van der Waals surface area (Å²) in [7, 11) is 0. The number of carbonyl (C=O) groups excluding carboxylic acids is 1. The van der Waals surface area contributed by atoms with Gasteiger partial charge in [0.2, 0.25) is 0 Å². The van der Waals surface area contributed by atoms with Gasteiger partial charge in [-0.1, -0.05) is 19.8 Å². The Morgan fingerprint density at radius 1 is 1.43 bits per heavy atom. The molecule has 0 aliphatic rings. The molecule has 1 N–H and O–H groups in total. The van der Waals surface area contributed by atoms with E-state index in [1.807, 2.05) is 6.07 Å². The van der Waals surface area contributed by atoms with Gasteiger partial charge in [-0.2, -0.15) is 0 Å². The van der Waals surface area contributed by atoms with Crippen LogP contribution in [0.15, 0.2) is 16.5 Å². The summed E-state index contributed by atoms with van der Waals surface area (Å²) in [6.07, 6.45) is 4.40. The van der Waals surface area contributed by atoms with E-state index in [2.05, 4.69) is 12.2 Å². The molecule has 0 saturated heterocycles. The Bertz CT molecular complexity index is 268. The summed E-state index contributed by atoms with van der Waals surface area (Å²) < 4.78 is 5.21. The van der Waals surface area contributed by atoms with Crippen LogP contribution in [0.4, 0.5) is 0 Å². The average Bonchev–Trinajstić information content (AvgIpc) is 2.65. The molecule has 78 valence electrons. The highest BCUT2D eigenvalue weighted by molar-refractivity contribution is 5.70. The van der Waals surface area contributed by atoms with E-state index in [-0.39, 0.29) is 0 Å². The zero-order valence-corrected chi connectivity index (χ0v) is 8.58. The molecule has 1 heterocycles. The van der Waals surface area contributed by atoms with E-state index in [1.165, 1.54) is 19.3 Å². The molecule has 1 aromatic heterocycles. The largest absolute Gasteiger partial charge is 0.457 e. The molecule has 0 amide bonds. The third-order valence-electron chi connectivity index (χ3n) is 2.05. The number of aldehydes is 1. The van der Waals surface area contributed by atoms with Crippen molar-refractivity contribution in [2.45, 2.75) is 32.7 Å². The fourth-order valence-corrected chi connectivity index (χ4v) is 1.26. The minimum atomic E-state index is 0.398. The fraction of sp³-hybridized carbons (Fsp3) is 0.545. The summed E-state index contributed by atoms with van der Waals surface area (Å²) in [6, 6.07) is 3.52. The van der Waals surface area contributed by atoms with Gasteiger partial charge in [0.1, 0.15) is 5.76 Å². The summed E-state index contributed by atoms with van der Waals surface area (Å²) in [5, 5.41) is 3.26. The number of hydrogen-bond acceptors (Lipinski definition) is 3. The molecule has 0 bridgehead atoms. The van der Waals surface area contributed by atoms with Gasteiger partial charge in [0, 0.05) is 0 Å². The molecular weight excluding hydrogens is 178 g/mol. The first-order valence-electron chi connectivity index (χ1n) is 5.11. The van der Waals surface area contributed by atoms with Crippen molar-refractivity contribution in [1.29, 1.82) is 0 Å². The molecule has 0 aromatic carbocycles. The van der Waals surface area contributed by atoms with E-state index >= 15 is 0 Å². The molecule has 0 fully saturated rings. The van der Waals surface area contributed by atoms with E-state index in [1.54, 1.807) is 6.07 Å². The lowest BCUT2D eigenvalue weighted by Crippen LogP contribution is -2.13. The molecule has 0 spiro atoms. The monoisotopic (exact) mass is 195 g/mol. The van der Waals surface area contributed by atoms with Crippen LogP contribution in [0.25, 0.3) is 0 Å². The maximum atomic E-state index is 10.3. The van der Waals surface area contributed by atoms with Crippen molar-refractivity contribution in [3.63, 3.8) is 0 Å². The van der Waals surface area contributed by atoms with Gasteiger partial charge in [-0.25, -0.2) is 0 Å². The van der Waals surface area contributed by atoms with Crippen molar-refractivity contribution in [1.82, 2.24) is 5.32 Å². The lowest BCUT2D eigenvalue weighted by atomic mass is 10.2. The van der Waals surface area contributed by atoms with E-state index in [9.17, 15) is 4.79 Å². The molecule has 3 nitrogen and oxygen atoms in total. The van der Waals surface area contributed by atoms with Gasteiger partial charge in [0.15, 0.2) is 12.0 Å². The molecule has 0 unspecified atom stereocenters. The smallest absolute Gasteiger partial charge is 0.185 e. The standard InChI is InChI=1S/C11H17NO2/c1-2-3-4-7-12-8-10-5-6-11(9-13)14-10/h5-6,9,12H,2-4,7-8H2,1H3. The summed E-state index contributed by atoms with van der Waals surface area (Å²) in [5.74, 6) is 1.22. The first-order valence-corrected chi connectivity index (χ1v) is 5.11. The number of rotatable bonds is 7. The number of carbonyl (C=O) groups is 1. The van der Waals surface area contributed by atoms with Crippen molar-refractivity contribution >= 4 is 6.29 Å². The van der Waals surface area contributed by atoms with E-state index < -0.39 is 0 Å². The lowest BCUT2D eigenvalue weighted by Gasteiger charge is -2.00. The van der Waals surface area contributed by atoms with Crippen molar-refractivity contribution in [2.75, 3.05) is 6.54 Å². The number of nitrogens with one attached hydrogen (secondary N) is 1. The first-order chi connectivity index (χ1) is 6.86. The zero-order valence-electron chi connectivity index (χ0n) is 8.58. The molecule has 0 atom stereocenters. The predicted octanol–water partition coefficient (Wildman–Crippen LogP) is 2.37. The normalized spacial score (nSPS) is 10.4. The van der Waals surface area contributed by atoms with Crippen molar-refractivity contribution < 1.29 is 9.21 Å². The van der Waals surface area contributed by atoms with Gasteiger partial charge in [0.05, 0.1) is 6.54 Å². The Morgan fingerprint density at radius 2 is 2.29 bits per heavy atom. The van der Waals surface area contributed by atoms with E-state index in [4.69, 9.17) is 4.42 Å². The number of furan rings is 1. The topological polar surface area (TPSA) is 42.2 Å². The molecule has 0 radical (unpaired) electrons. The lowest BCUT2D eigenvalue weighted by molar-refractivity contribution is 0.109. The molecule has 0 aliphatic carbocycles. The van der Waals surface area contributed by atoms with Crippen LogP contribution >= 0.6 is 0 Å². The van der Waals surface area contributed by atoms with Crippen molar-refractivity contribution in [2.24, 2.45) is 0 Å². The zero-order chi connectivity index (χ0) is 10.2. The van der Waals surface area contributed by atoms with Gasteiger partial charge >= 0.3 is 0 Å². The van der Waals surface area contributed by atoms with Crippen LogP contribution in [-0.2, 0) is 6.54 Å². The molecule has 3 heteroatoms. The van der Waals surface area contributed by atoms with Gasteiger partial charge in [-0.05, 0) is 25.1 Å².